The van der Waals surface area contributed by atoms with Crippen LogP contribution in [0, 0.1) is 3.95 Å². The summed E-state index contributed by atoms with van der Waals surface area (Å²) < 4.78 is 5.11. The molecule has 0 saturated carbocycles. The van der Waals surface area contributed by atoms with Gasteiger partial charge in [0.15, 0.2) is 3.95 Å². The zero-order chi connectivity index (χ0) is 21.4. The molecule has 0 aliphatic carbocycles. The van der Waals surface area contributed by atoms with E-state index < -0.39 is 0 Å². The van der Waals surface area contributed by atoms with Crippen molar-refractivity contribution in [3.63, 3.8) is 0 Å². The van der Waals surface area contributed by atoms with Gasteiger partial charge in [0.2, 0.25) is 5.91 Å². The predicted molar refractivity (Wildman–Crippen MR) is 129 cm³/mol. The van der Waals surface area contributed by atoms with E-state index in [2.05, 4.69) is 15.9 Å². The van der Waals surface area contributed by atoms with Gasteiger partial charge < -0.3 is 4.90 Å². The zero-order valence-electron chi connectivity index (χ0n) is 16.6. The first-order chi connectivity index (χ1) is 14.5. The van der Waals surface area contributed by atoms with Gasteiger partial charge in [0, 0.05) is 17.6 Å². The molecule has 0 unspecified atom stereocenters. The van der Waals surface area contributed by atoms with Gasteiger partial charge in [-0.1, -0.05) is 40.2 Å². The summed E-state index contributed by atoms with van der Waals surface area (Å²) in [7, 11) is 0. The van der Waals surface area contributed by atoms with Crippen molar-refractivity contribution >= 4 is 61.9 Å². The van der Waals surface area contributed by atoms with Crippen molar-refractivity contribution in [2.75, 3.05) is 13.1 Å². The van der Waals surface area contributed by atoms with Gasteiger partial charge in [0.05, 0.1) is 15.8 Å². The quantitative estimate of drug-likeness (QED) is 0.346. The van der Waals surface area contributed by atoms with E-state index in [0.29, 0.717) is 28.1 Å². The lowest BCUT2D eigenvalue weighted by molar-refractivity contribution is -0.131. The highest BCUT2D eigenvalue weighted by molar-refractivity contribution is 9.10. The van der Waals surface area contributed by atoms with Gasteiger partial charge in [-0.3, -0.25) is 18.6 Å². The molecule has 0 aliphatic rings. The summed E-state index contributed by atoms with van der Waals surface area (Å²) in [4.78, 5) is 29.0. The van der Waals surface area contributed by atoms with Crippen molar-refractivity contribution in [2.24, 2.45) is 0 Å². The van der Waals surface area contributed by atoms with Crippen molar-refractivity contribution in [1.82, 2.24) is 13.9 Å². The molecule has 0 spiro atoms. The number of thiazole rings is 1. The fourth-order valence-electron chi connectivity index (χ4n) is 3.66. The van der Waals surface area contributed by atoms with Crippen LogP contribution in [0.25, 0.3) is 27.0 Å². The summed E-state index contributed by atoms with van der Waals surface area (Å²) in [6.07, 6.45) is 0. The topological polar surface area (TPSA) is 46.7 Å². The predicted octanol–water partition coefficient (Wildman–Crippen LogP) is 5.34. The number of benzene rings is 2. The van der Waals surface area contributed by atoms with Gasteiger partial charge in [-0.15, -0.1) is 11.3 Å². The minimum atomic E-state index is -0.183. The van der Waals surface area contributed by atoms with E-state index >= 15 is 0 Å². The fourth-order valence-corrected chi connectivity index (χ4v) is 5.36. The van der Waals surface area contributed by atoms with Crippen LogP contribution in [0.4, 0.5) is 0 Å². The molecule has 2 aromatic carbocycles. The number of carbonyl (C=O) groups excluding carboxylic acids is 1. The van der Waals surface area contributed by atoms with Crippen LogP contribution in [0.15, 0.2) is 57.8 Å². The third-order valence-corrected chi connectivity index (χ3v) is 7.12. The van der Waals surface area contributed by atoms with Crippen LogP contribution < -0.4 is 5.56 Å². The van der Waals surface area contributed by atoms with Crippen molar-refractivity contribution in [3.05, 3.63) is 67.3 Å². The number of carbonyl (C=O) groups is 1. The molecule has 0 aliphatic heterocycles. The first kappa shape index (κ1) is 21.0. The second-order valence-electron chi connectivity index (χ2n) is 6.84. The Morgan fingerprint density at radius 3 is 2.43 bits per heavy atom. The summed E-state index contributed by atoms with van der Waals surface area (Å²) in [5, 5.41) is 0.550. The molecule has 0 fully saturated rings. The highest BCUT2D eigenvalue weighted by atomic mass is 79.9. The summed E-state index contributed by atoms with van der Waals surface area (Å²) in [5.74, 6) is -0.0850. The van der Waals surface area contributed by atoms with Gasteiger partial charge in [-0.05, 0) is 55.9 Å². The van der Waals surface area contributed by atoms with Crippen molar-refractivity contribution in [1.29, 1.82) is 0 Å². The lowest BCUT2D eigenvalue weighted by Crippen LogP contribution is -2.37. The van der Waals surface area contributed by atoms with E-state index in [1.807, 2.05) is 60.7 Å². The average Bonchev–Trinajstić information content (AvgIpc) is 3.09. The van der Waals surface area contributed by atoms with Gasteiger partial charge in [-0.2, -0.15) is 0 Å². The number of hydrogen-bond donors (Lipinski definition) is 0. The molecule has 4 aromatic rings. The van der Waals surface area contributed by atoms with Crippen LogP contribution in [0.5, 0.6) is 0 Å². The Morgan fingerprint density at radius 2 is 1.77 bits per heavy atom. The summed E-state index contributed by atoms with van der Waals surface area (Å²) in [5.41, 5.74) is 2.19. The van der Waals surface area contributed by atoms with E-state index in [9.17, 15) is 9.59 Å². The second-order valence-corrected chi connectivity index (χ2v) is 9.40. The third-order valence-electron chi connectivity index (χ3n) is 5.18. The van der Waals surface area contributed by atoms with Crippen LogP contribution in [0.2, 0.25) is 0 Å². The lowest BCUT2D eigenvalue weighted by Gasteiger charge is -2.20. The minimum Gasteiger partial charge on any atom is -0.342 e. The van der Waals surface area contributed by atoms with Gasteiger partial charge in [0.25, 0.3) is 5.56 Å². The van der Waals surface area contributed by atoms with Crippen LogP contribution in [0.3, 0.4) is 0 Å². The number of hydrogen-bond acceptors (Lipinski definition) is 4. The number of nitrogens with zero attached hydrogens (tertiary/aromatic N) is 3. The molecule has 154 valence electrons. The number of likely N-dealkylation sites (N-methyl/N-ethyl adjacent to an activating group) is 1. The Bertz CT molecular complexity index is 1370. The van der Waals surface area contributed by atoms with Crippen LogP contribution in [-0.4, -0.2) is 32.9 Å². The smallest absolute Gasteiger partial charge is 0.262 e. The lowest BCUT2D eigenvalue weighted by atomic mass is 10.2. The summed E-state index contributed by atoms with van der Waals surface area (Å²) >= 11 is 10.6. The van der Waals surface area contributed by atoms with E-state index in [4.69, 9.17) is 12.2 Å². The van der Waals surface area contributed by atoms with Gasteiger partial charge in [0.1, 0.15) is 12.2 Å². The molecule has 8 heteroatoms. The third kappa shape index (κ3) is 3.53. The number of rotatable bonds is 5. The van der Waals surface area contributed by atoms with E-state index in [0.717, 1.165) is 20.4 Å². The number of para-hydroxylation sites is 1. The van der Waals surface area contributed by atoms with E-state index in [1.54, 1.807) is 15.5 Å². The average molecular weight is 502 g/mol. The normalized spacial score (nSPS) is 11.3. The fraction of sp³-hybridized carbons (Fsp3) is 0.227. The molecule has 0 atom stereocenters. The molecule has 2 heterocycles. The first-order valence-corrected chi connectivity index (χ1v) is 11.7. The Morgan fingerprint density at radius 1 is 1.10 bits per heavy atom. The molecule has 0 saturated heterocycles. The summed E-state index contributed by atoms with van der Waals surface area (Å²) in [6.45, 7) is 5.05. The van der Waals surface area contributed by atoms with E-state index in [1.165, 1.54) is 11.3 Å². The number of fused-ring (bicyclic) bond motifs is 3. The Labute approximate surface area is 191 Å². The van der Waals surface area contributed by atoms with Crippen LogP contribution >= 0.6 is 39.5 Å². The largest absolute Gasteiger partial charge is 0.342 e. The van der Waals surface area contributed by atoms with Crippen molar-refractivity contribution in [3.8, 4) is 10.4 Å². The molecule has 0 radical (unpaired) electrons. The number of amides is 1. The monoisotopic (exact) mass is 501 g/mol. The Kier molecular flexibility index (Phi) is 5.90. The molecule has 1 amide bonds. The van der Waals surface area contributed by atoms with Crippen LogP contribution in [-0.2, 0) is 11.3 Å². The molecule has 30 heavy (non-hydrogen) atoms. The molecule has 4 rings (SSSR count). The minimum absolute atomic E-state index is 0.0239. The molecular formula is C22H20BrN3O2S2. The molecule has 0 bridgehead atoms. The second kappa shape index (κ2) is 8.45. The highest BCUT2D eigenvalue weighted by Crippen LogP contribution is 2.33. The molecule has 5 nitrogen and oxygen atoms in total. The van der Waals surface area contributed by atoms with Crippen molar-refractivity contribution < 1.29 is 4.79 Å². The molecule has 2 aromatic heterocycles. The number of halogens is 1. The zero-order valence-corrected chi connectivity index (χ0v) is 19.8. The number of aromatic nitrogens is 2. The first-order valence-electron chi connectivity index (χ1n) is 9.67. The SMILES string of the molecule is CCN(CC)C(=O)Cn1c(=O)c2ccccc2n2c(=S)sc(-c3ccc(Br)cc3)c12. The maximum atomic E-state index is 13.5. The summed E-state index contributed by atoms with van der Waals surface area (Å²) in [6, 6.07) is 15.3. The maximum Gasteiger partial charge on any atom is 0.262 e. The Balaban J connectivity index is 2.08. The standard InChI is InChI=1S/C22H20BrN3O2S2/c1-3-24(4-2)18(27)13-25-20-19(14-9-11-15(23)12-10-14)30-22(29)26(20)17-8-6-5-7-16(17)21(25)28/h5-12H,3-4,13H2,1-2H3. The van der Waals surface area contributed by atoms with Crippen LogP contribution in [0.1, 0.15) is 13.8 Å². The van der Waals surface area contributed by atoms with Gasteiger partial charge >= 0.3 is 0 Å². The van der Waals surface area contributed by atoms with Gasteiger partial charge in [-0.25, -0.2) is 0 Å². The van der Waals surface area contributed by atoms with Crippen molar-refractivity contribution in [2.45, 2.75) is 20.4 Å². The highest BCUT2D eigenvalue weighted by Gasteiger charge is 2.21. The van der Waals surface area contributed by atoms with E-state index in [-0.39, 0.29) is 18.0 Å². The maximum absolute atomic E-state index is 13.5. The molecule has 0 N–H and O–H groups in total. The molecular weight excluding hydrogens is 482 g/mol. The Hall–Kier alpha value is -2.29.